The van der Waals surface area contributed by atoms with E-state index in [9.17, 15) is 9.50 Å². The van der Waals surface area contributed by atoms with Gasteiger partial charge in [0.05, 0.1) is 5.60 Å². The Bertz CT molecular complexity index is 411. The number of benzene rings is 1. The summed E-state index contributed by atoms with van der Waals surface area (Å²) in [4.78, 5) is 0. The second-order valence-electron chi connectivity index (χ2n) is 5.84. The number of rotatable bonds is 1. The Kier molecular flexibility index (Phi) is 2.58. The Balaban J connectivity index is 2.34. The van der Waals surface area contributed by atoms with Crippen molar-refractivity contribution in [1.82, 2.24) is 0 Å². The summed E-state index contributed by atoms with van der Waals surface area (Å²) in [5, 5.41) is 10.5. The molecule has 0 amide bonds. The Labute approximate surface area is 96.3 Å². The molecule has 1 unspecified atom stereocenters. The molecule has 2 rings (SSSR count). The van der Waals surface area contributed by atoms with Crippen molar-refractivity contribution < 1.29 is 9.50 Å². The van der Waals surface area contributed by atoms with Gasteiger partial charge in [0.2, 0.25) is 0 Å². The fraction of sp³-hybridized carbons (Fsp3) is 0.571. The quantitative estimate of drug-likeness (QED) is 0.770. The van der Waals surface area contributed by atoms with Gasteiger partial charge in [-0.2, -0.15) is 0 Å². The van der Waals surface area contributed by atoms with Gasteiger partial charge in [0.25, 0.3) is 0 Å². The van der Waals surface area contributed by atoms with E-state index >= 15 is 0 Å². The highest BCUT2D eigenvalue weighted by Gasteiger charge is 2.42. The lowest BCUT2D eigenvalue weighted by molar-refractivity contribution is 0.0335. The summed E-state index contributed by atoms with van der Waals surface area (Å²) in [6.07, 6.45) is 2.42. The van der Waals surface area contributed by atoms with E-state index in [0.717, 1.165) is 18.4 Å². The van der Waals surface area contributed by atoms with E-state index in [1.807, 2.05) is 6.07 Å². The maximum Gasteiger partial charge on any atom is 0.126 e. The summed E-state index contributed by atoms with van der Waals surface area (Å²) in [6, 6.07) is 5.07. The molecule has 0 bridgehead atoms. The molecule has 1 nitrogen and oxygen atoms in total. The minimum absolute atomic E-state index is 0.149. The second kappa shape index (κ2) is 3.56. The van der Waals surface area contributed by atoms with Crippen LogP contribution in [0.15, 0.2) is 18.2 Å². The first-order valence-corrected chi connectivity index (χ1v) is 5.81. The fourth-order valence-electron chi connectivity index (χ4n) is 2.64. The molecule has 1 atom stereocenters. The van der Waals surface area contributed by atoms with Crippen molar-refractivity contribution in [3.63, 3.8) is 0 Å². The van der Waals surface area contributed by atoms with Gasteiger partial charge in [0.15, 0.2) is 0 Å². The molecule has 0 saturated heterocycles. The average Bonchev–Trinajstić information content (AvgIpc) is 2.47. The summed E-state index contributed by atoms with van der Waals surface area (Å²) < 4.78 is 13.5. The first-order valence-electron chi connectivity index (χ1n) is 5.81. The van der Waals surface area contributed by atoms with Crippen LogP contribution in [0.2, 0.25) is 0 Å². The van der Waals surface area contributed by atoms with Crippen LogP contribution < -0.4 is 0 Å². The summed E-state index contributed by atoms with van der Waals surface area (Å²) in [6.45, 7) is 6.03. The lowest BCUT2D eigenvalue weighted by Crippen LogP contribution is -2.23. The number of aryl methyl sites for hydroxylation is 1. The largest absolute Gasteiger partial charge is 0.385 e. The maximum absolute atomic E-state index is 13.5. The molecule has 0 heterocycles. The van der Waals surface area contributed by atoms with Gasteiger partial charge in [0, 0.05) is 0 Å². The van der Waals surface area contributed by atoms with E-state index in [4.69, 9.17) is 0 Å². The van der Waals surface area contributed by atoms with Gasteiger partial charge in [-0.3, -0.25) is 0 Å². The van der Waals surface area contributed by atoms with Crippen molar-refractivity contribution in [3.05, 3.63) is 35.1 Å². The van der Waals surface area contributed by atoms with Crippen LogP contribution in [0.25, 0.3) is 0 Å². The monoisotopic (exact) mass is 222 g/mol. The van der Waals surface area contributed by atoms with E-state index in [0.29, 0.717) is 12.0 Å². The molecule has 0 spiro atoms. The van der Waals surface area contributed by atoms with Crippen LogP contribution in [0.4, 0.5) is 4.39 Å². The highest BCUT2D eigenvalue weighted by molar-refractivity contribution is 5.29. The molecule has 16 heavy (non-hydrogen) atoms. The standard InChI is InChI=1S/C14H19FO/c1-10-4-5-11(8-12(10)15)14(16)7-6-13(2,3)9-14/h4-5,8,16H,6-7,9H2,1-3H3. The van der Waals surface area contributed by atoms with Gasteiger partial charge in [-0.25, -0.2) is 4.39 Å². The van der Waals surface area contributed by atoms with Crippen LogP contribution in [-0.4, -0.2) is 5.11 Å². The van der Waals surface area contributed by atoms with E-state index in [1.165, 1.54) is 6.07 Å². The molecule has 0 aliphatic heterocycles. The first-order chi connectivity index (χ1) is 7.32. The summed E-state index contributed by atoms with van der Waals surface area (Å²) in [5.74, 6) is -0.226. The van der Waals surface area contributed by atoms with Crippen LogP contribution in [0.5, 0.6) is 0 Å². The number of aliphatic hydroxyl groups is 1. The lowest BCUT2D eigenvalue weighted by Gasteiger charge is -2.26. The van der Waals surface area contributed by atoms with E-state index in [2.05, 4.69) is 13.8 Å². The van der Waals surface area contributed by atoms with Crippen molar-refractivity contribution >= 4 is 0 Å². The zero-order valence-electron chi connectivity index (χ0n) is 10.2. The molecule has 2 heteroatoms. The second-order valence-corrected chi connectivity index (χ2v) is 5.84. The van der Waals surface area contributed by atoms with Gasteiger partial charge in [-0.15, -0.1) is 0 Å². The Morgan fingerprint density at radius 3 is 2.44 bits per heavy atom. The topological polar surface area (TPSA) is 20.2 Å². The van der Waals surface area contributed by atoms with Crippen LogP contribution in [-0.2, 0) is 5.60 Å². The Morgan fingerprint density at radius 1 is 1.25 bits per heavy atom. The molecule has 88 valence electrons. The molecule has 1 fully saturated rings. The van der Waals surface area contributed by atoms with Crippen molar-refractivity contribution in [2.75, 3.05) is 0 Å². The Hall–Kier alpha value is -0.890. The molecule has 1 N–H and O–H groups in total. The SMILES string of the molecule is Cc1ccc(C2(O)CCC(C)(C)C2)cc1F. The highest BCUT2D eigenvalue weighted by atomic mass is 19.1. The van der Waals surface area contributed by atoms with Crippen molar-refractivity contribution in [3.8, 4) is 0 Å². The van der Waals surface area contributed by atoms with Gasteiger partial charge in [-0.1, -0.05) is 26.0 Å². The fourth-order valence-corrected chi connectivity index (χ4v) is 2.64. The van der Waals surface area contributed by atoms with Crippen molar-refractivity contribution in [1.29, 1.82) is 0 Å². The van der Waals surface area contributed by atoms with Crippen LogP contribution in [0.1, 0.15) is 44.2 Å². The minimum Gasteiger partial charge on any atom is -0.385 e. The molecule has 1 aromatic carbocycles. The summed E-state index contributed by atoms with van der Waals surface area (Å²) >= 11 is 0. The number of hydrogen-bond donors (Lipinski definition) is 1. The van der Waals surface area contributed by atoms with Gasteiger partial charge in [-0.05, 0) is 48.8 Å². The molecule has 0 aromatic heterocycles. The molecular formula is C14H19FO. The average molecular weight is 222 g/mol. The van der Waals surface area contributed by atoms with Crippen LogP contribution in [0, 0.1) is 18.2 Å². The minimum atomic E-state index is -0.835. The van der Waals surface area contributed by atoms with Crippen molar-refractivity contribution in [2.45, 2.75) is 45.6 Å². The smallest absolute Gasteiger partial charge is 0.126 e. The van der Waals surface area contributed by atoms with Gasteiger partial charge < -0.3 is 5.11 Å². The molecule has 1 aliphatic carbocycles. The summed E-state index contributed by atoms with van der Waals surface area (Å²) in [7, 11) is 0. The van der Waals surface area contributed by atoms with Gasteiger partial charge >= 0.3 is 0 Å². The molecule has 1 saturated carbocycles. The van der Waals surface area contributed by atoms with Crippen molar-refractivity contribution in [2.24, 2.45) is 5.41 Å². The molecule has 1 aromatic rings. The zero-order chi connectivity index (χ0) is 12.0. The third-order valence-corrected chi connectivity index (χ3v) is 3.70. The number of hydrogen-bond acceptors (Lipinski definition) is 1. The molecule has 0 radical (unpaired) electrons. The van der Waals surface area contributed by atoms with E-state index in [1.54, 1.807) is 13.0 Å². The van der Waals surface area contributed by atoms with Gasteiger partial charge in [0.1, 0.15) is 5.82 Å². The van der Waals surface area contributed by atoms with E-state index < -0.39 is 5.60 Å². The van der Waals surface area contributed by atoms with E-state index in [-0.39, 0.29) is 11.2 Å². The third-order valence-electron chi connectivity index (χ3n) is 3.70. The predicted octanol–water partition coefficient (Wildman–Crippen LogP) is 3.53. The highest BCUT2D eigenvalue weighted by Crippen LogP contribution is 2.48. The predicted molar refractivity (Wildman–Crippen MR) is 62.7 cm³/mol. The Morgan fingerprint density at radius 2 is 1.94 bits per heavy atom. The molecular weight excluding hydrogens is 203 g/mol. The zero-order valence-corrected chi connectivity index (χ0v) is 10.2. The summed E-state index contributed by atoms with van der Waals surface area (Å²) in [5.41, 5.74) is 0.666. The maximum atomic E-state index is 13.5. The number of halogens is 1. The third kappa shape index (κ3) is 1.99. The lowest BCUT2D eigenvalue weighted by atomic mass is 9.85. The normalized spacial score (nSPS) is 28.3. The van der Waals surface area contributed by atoms with Crippen LogP contribution >= 0.6 is 0 Å². The molecule has 1 aliphatic rings. The first kappa shape index (κ1) is 11.6. The van der Waals surface area contributed by atoms with Crippen LogP contribution in [0.3, 0.4) is 0 Å².